The topological polar surface area (TPSA) is 54.0 Å². The van der Waals surface area contributed by atoms with E-state index in [2.05, 4.69) is 0 Å². The maximum atomic E-state index is 10.9. The van der Waals surface area contributed by atoms with Crippen LogP contribution in [0.5, 0.6) is 11.5 Å². The van der Waals surface area contributed by atoms with Gasteiger partial charge in [0, 0.05) is 0 Å². The van der Waals surface area contributed by atoms with Gasteiger partial charge in [-0.15, -0.1) is 0 Å². The van der Waals surface area contributed by atoms with Crippen molar-refractivity contribution in [1.82, 2.24) is 0 Å². The van der Waals surface area contributed by atoms with Crippen molar-refractivity contribution in [3.63, 3.8) is 0 Å². The first-order valence-electron chi connectivity index (χ1n) is 7.45. The highest BCUT2D eigenvalue weighted by Gasteiger charge is 2.26. The quantitative estimate of drug-likeness (QED) is 0.764. The molecule has 0 radical (unpaired) electrons. The van der Waals surface area contributed by atoms with E-state index in [0.717, 1.165) is 11.1 Å². The lowest BCUT2D eigenvalue weighted by Gasteiger charge is -2.16. The second-order valence-electron chi connectivity index (χ2n) is 5.29. The lowest BCUT2D eigenvalue weighted by molar-refractivity contribution is 0.0971. The summed E-state index contributed by atoms with van der Waals surface area (Å²) in [7, 11) is 0. The van der Waals surface area contributed by atoms with Gasteiger partial charge in [-0.2, -0.15) is 0 Å². The minimum Gasteiger partial charge on any atom is -0.486 e. The van der Waals surface area contributed by atoms with Crippen molar-refractivity contribution in [3.05, 3.63) is 59.7 Å². The Bertz CT molecular complexity index is 668. The predicted octanol–water partition coefficient (Wildman–Crippen LogP) is 3.49. The second-order valence-corrected chi connectivity index (χ2v) is 5.29. The third-order valence-electron chi connectivity index (χ3n) is 3.48. The third kappa shape index (κ3) is 3.94. The minimum atomic E-state index is -0.650. The Morgan fingerprint density at radius 3 is 2.65 bits per heavy atom. The number of aryl methyl sites for hydroxylation is 1. The van der Waals surface area contributed by atoms with E-state index in [9.17, 15) is 4.79 Å². The molecule has 0 aliphatic carbocycles. The van der Waals surface area contributed by atoms with E-state index in [-0.39, 0.29) is 19.3 Å². The number of ether oxygens (including phenoxy) is 4. The fourth-order valence-corrected chi connectivity index (χ4v) is 2.28. The SMILES string of the molecule is Cc1cccc(OCC2COC(=O)O2)c1OCc1ccccc1. The fourth-order valence-electron chi connectivity index (χ4n) is 2.28. The summed E-state index contributed by atoms with van der Waals surface area (Å²) in [5.74, 6) is 1.32. The number of carbonyl (C=O) groups is 1. The standard InChI is InChI=1S/C18H18O5/c1-13-6-5-9-16(20-11-15-12-22-18(19)23-15)17(13)21-10-14-7-3-2-4-8-14/h2-9,15H,10-12H2,1H3. The van der Waals surface area contributed by atoms with Gasteiger partial charge in [-0.3, -0.25) is 0 Å². The molecule has 1 fully saturated rings. The molecule has 120 valence electrons. The van der Waals surface area contributed by atoms with Crippen LogP contribution in [0.3, 0.4) is 0 Å². The summed E-state index contributed by atoms with van der Waals surface area (Å²) >= 11 is 0. The molecule has 1 unspecified atom stereocenters. The molecule has 2 aromatic rings. The van der Waals surface area contributed by atoms with E-state index >= 15 is 0 Å². The van der Waals surface area contributed by atoms with Gasteiger partial charge < -0.3 is 18.9 Å². The molecular formula is C18H18O5. The molecule has 1 aliphatic heterocycles. The summed E-state index contributed by atoms with van der Waals surface area (Å²) in [6.45, 7) is 2.87. The third-order valence-corrected chi connectivity index (χ3v) is 3.48. The molecule has 2 aromatic carbocycles. The number of hydrogen-bond donors (Lipinski definition) is 0. The van der Waals surface area contributed by atoms with Gasteiger partial charge in [0.05, 0.1) is 0 Å². The van der Waals surface area contributed by atoms with Gasteiger partial charge in [-0.05, 0) is 24.1 Å². The number of hydrogen-bond acceptors (Lipinski definition) is 5. The molecular weight excluding hydrogens is 296 g/mol. The summed E-state index contributed by atoms with van der Waals surface area (Å²) in [5.41, 5.74) is 2.07. The van der Waals surface area contributed by atoms with E-state index in [4.69, 9.17) is 18.9 Å². The molecule has 0 aromatic heterocycles. The highest BCUT2D eigenvalue weighted by molar-refractivity contribution is 5.61. The number of benzene rings is 2. The van der Waals surface area contributed by atoms with Crippen molar-refractivity contribution in [2.75, 3.05) is 13.2 Å². The second kappa shape index (κ2) is 7.05. The van der Waals surface area contributed by atoms with Crippen LogP contribution in [0.25, 0.3) is 0 Å². The Morgan fingerprint density at radius 1 is 1.09 bits per heavy atom. The largest absolute Gasteiger partial charge is 0.508 e. The van der Waals surface area contributed by atoms with E-state index < -0.39 is 6.16 Å². The van der Waals surface area contributed by atoms with Crippen LogP contribution in [-0.4, -0.2) is 25.5 Å². The van der Waals surface area contributed by atoms with Crippen LogP contribution in [0.1, 0.15) is 11.1 Å². The van der Waals surface area contributed by atoms with Gasteiger partial charge in [-0.25, -0.2) is 4.79 Å². The molecule has 3 rings (SSSR count). The summed E-state index contributed by atoms with van der Waals surface area (Å²) < 4.78 is 21.4. The van der Waals surface area contributed by atoms with Crippen molar-refractivity contribution in [2.45, 2.75) is 19.6 Å². The maximum absolute atomic E-state index is 10.9. The molecule has 1 heterocycles. The zero-order chi connectivity index (χ0) is 16.1. The Hall–Kier alpha value is -2.69. The molecule has 0 spiro atoms. The van der Waals surface area contributed by atoms with Gasteiger partial charge in [0.2, 0.25) is 0 Å². The lowest BCUT2D eigenvalue weighted by atomic mass is 10.2. The van der Waals surface area contributed by atoms with Crippen LogP contribution in [0.4, 0.5) is 4.79 Å². The van der Waals surface area contributed by atoms with Crippen molar-refractivity contribution < 1.29 is 23.7 Å². The highest BCUT2D eigenvalue weighted by atomic mass is 16.8. The first-order chi connectivity index (χ1) is 11.2. The molecule has 5 nitrogen and oxygen atoms in total. The number of carbonyl (C=O) groups excluding carboxylic acids is 1. The van der Waals surface area contributed by atoms with Crippen LogP contribution in [-0.2, 0) is 16.1 Å². The van der Waals surface area contributed by atoms with E-state index in [1.165, 1.54) is 0 Å². The van der Waals surface area contributed by atoms with Crippen LogP contribution in [0.15, 0.2) is 48.5 Å². The monoisotopic (exact) mass is 314 g/mol. The number of cyclic esters (lactones) is 2. The van der Waals surface area contributed by atoms with Crippen LogP contribution in [0.2, 0.25) is 0 Å². The van der Waals surface area contributed by atoms with Gasteiger partial charge in [0.1, 0.15) is 19.8 Å². The fraction of sp³-hybridized carbons (Fsp3) is 0.278. The Kier molecular flexibility index (Phi) is 4.66. The first-order valence-corrected chi connectivity index (χ1v) is 7.45. The zero-order valence-electron chi connectivity index (χ0n) is 12.9. The maximum Gasteiger partial charge on any atom is 0.508 e. The van der Waals surface area contributed by atoms with Crippen LogP contribution < -0.4 is 9.47 Å². The molecule has 0 N–H and O–H groups in total. The molecule has 0 bridgehead atoms. The Labute approximate surface area is 134 Å². The average Bonchev–Trinajstić information content (AvgIpc) is 2.98. The van der Waals surface area contributed by atoms with Gasteiger partial charge in [0.15, 0.2) is 17.6 Å². The molecule has 1 saturated heterocycles. The molecule has 0 amide bonds. The summed E-state index contributed by atoms with van der Waals surface area (Å²) in [6, 6.07) is 15.6. The molecule has 1 atom stereocenters. The zero-order valence-corrected chi connectivity index (χ0v) is 12.9. The minimum absolute atomic E-state index is 0.213. The van der Waals surface area contributed by atoms with Crippen LogP contribution >= 0.6 is 0 Å². The lowest BCUT2D eigenvalue weighted by Crippen LogP contribution is -2.20. The van der Waals surface area contributed by atoms with Crippen molar-refractivity contribution in [3.8, 4) is 11.5 Å². The molecule has 0 saturated carbocycles. The summed E-state index contributed by atoms with van der Waals surface area (Å²) in [6.07, 6.45) is -1.03. The summed E-state index contributed by atoms with van der Waals surface area (Å²) in [5, 5.41) is 0. The van der Waals surface area contributed by atoms with Gasteiger partial charge in [0.25, 0.3) is 0 Å². The summed E-state index contributed by atoms with van der Waals surface area (Å²) in [4.78, 5) is 10.9. The van der Waals surface area contributed by atoms with E-state index in [1.54, 1.807) is 0 Å². The molecule has 5 heteroatoms. The Balaban J connectivity index is 1.65. The molecule has 1 aliphatic rings. The van der Waals surface area contributed by atoms with Crippen molar-refractivity contribution >= 4 is 6.16 Å². The normalized spacial score (nSPS) is 16.6. The first kappa shape index (κ1) is 15.2. The number of rotatable bonds is 6. The van der Waals surface area contributed by atoms with E-state index in [1.807, 2.05) is 55.5 Å². The van der Waals surface area contributed by atoms with Crippen LogP contribution in [0, 0.1) is 6.92 Å². The van der Waals surface area contributed by atoms with Gasteiger partial charge in [-0.1, -0.05) is 42.5 Å². The highest BCUT2D eigenvalue weighted by Crippen LogP contribution is 2.31. The van der Waals surface area contributed by atoms with Gasteiger partial charge >= 0.3 is 6.16 Å². The Morgan fingerprint density at radius 2 is 1.91 bits per heavy atom. The van der Waals surface area contributed by atoms with Crippen molar-refractivity contribution in [1.29, 1.82) is 0 Å². The van der Waals surface area contributed by atoms with Crippen molar-refractivity contribution in [2.24, 2.45) is 0 Å². The number of para-hydroxylation sites is 1. The smallest absolute Gasteiger partial charge is 0.486 e. The average molecular weight is 314 g/mol. The predicted molar refractivity (Wildman–Crippen MR) is 83.7 cm³/mol. The molecule has 23 heavy (non-hydrogen) atoms. The van der Waals surface area contributed by atoms with E-state index in [0.29, 0.717) is 18.1 Å².